The zero-order valence-electron chi connectivity index (χ0n) is 17.0. The number of carbonyl (C=O) groups excluding carboxylic acids is 2. The highest BCUT2D eigenvalue weighted by Gasteiger charge is 2.32. The predicted octanol–water partition coefficient (Wildman–Crippen LogP) is 4.10. The fraction of sp³-hybridized carbons (Fsp3) is 0.545. The van der Waals surface area contributed by atoms with Crippen LogP contribution in [0.3, 0.4) is 0 Å². The number of carbonyl (C=O) groups is 2. The number of ether oxygens (including phenoxy) is 1. The van der Waals surface area contributed by atoms with E-state index in [1.807, 2.05) is 4.90 Å². The molecule has 2 aliphatic heterocycles. The van der Waals surface area contributed by atoms with Crippen LogP contribution in [0.4, 0.5) is 13.2 Å². The molecule has 0 aromatic heterocycles. The van der Waals surface area contributed by atoms with E-state index in [2.05, 4.69) is 11.7 Å². The number of rotatable bonds is 4. The number of para-hydroxylation sites is 1. The molecular formula is C22H27F3N2O3. The topological polar surface area (TPSA) is 49.9 Å². The summed E-state index contributed by atoms with van der Waals surface area (Å²) >= 11 is 0. The monoisotopic (exact) mass is 424 g/mol. The molecule has 0 N–H and O–H groups in total. The summed E-state index contributed by atoms with van der Waals surface area (Å²) in [5.74, 6) is 0.00814. The lowest BCUT2D eigenvalue weighted by Gasteiger charge is -2.37. The number of halogens is 3. The van der Waals surface area contributed by atoms with Crippen LogP contribution in [0.5, 0.6) is 5.75 Å². The number of nitrogens with zero attached hydrogens (tertiary/aromatic N) is 2. The van der Waals surface area contributed by atoms with Gasteiger partial charge in [-0.15, -0.1) is 13.2 Å². The quantitative estimate of drug-likeness (QED) is 0.684. The van der Waals surface area contributed by atoms with Crippen LogP contribution in [-0.2, 0) is 9.59 Å². The van der Waals surface area contributed by atoms with Crippen LogP contribution in [0, 0.1) is 11.8 Å². The summed E-state index contributed by atoms with van der Waals surface area (Å²) in [5.41, 5.74) is 0.174. The van der Waals surface area contributed by atoms with Crippen LogP contribution in [-0.4, -0.2) is 54.2 Å². The van der Waals surface area contributed by atoms with E-state index in [-0.39, 0.29) is 29.0 Å². The summed E-state index contributed by atoms with van der Waals surface area (Å²) < 4.78 is 41.5. The average molecular weight is 424 g/mol. The molecule has 8 heteroatoms. The van der Waals surface area contributed by atoms with Gasteiger partial charge in [0.25, 0.3) is 0 Å². The van der Waals surface area contributed by atoms with Crippen molar-refractivity contribution in [3.63, 3.8) is 0 Å². The standard InChI is InChI=1S/C22H27F3N2O3/c1-16-5-4-12-27(15-16)21(29)18-10-13-26(14-11-18)20(28)9-8-17-6-2-3-7-19(17)30-22(23,24)25/h2-3,6-9,16,18H,4-5,10-15H2,1H3. The van der Waals surface area contributed by atoms with E-state index in [1.54, 1.807) is 11.0 Å². The van der Waals surface area contributed by atoms with Gasteiger partial charge in [0, 0.05) is 43.7 Å². The minimum Gasteiger partial charge on any atom is -0.405 e. The van der Waals surface area contributed by atoms with Crippen molar-refractivity contribution in [1.82, 2.24) is 9.80 Å². The third kappa shape index (κ3) is 6.00. The fourth-order valence-electron chi connectivity index (χ4n) is 4.10. The molecule has 2 fully saturated rings. The van der Waals surface area contributed by atoms with Crippen LogP contribution in [0.25, 0.3) is 6.08 Å². The first-order chi connectivity index (χ1) is 14.2. The minimum atomic E-state index is -4.80. The number of hydrogen-bond donors (Lipinski definition) is 0. The molecule has 2 heterocycles. The maximum atomic E-state index is 12.7. The van der Waals surface area contributed by atoms with E-state index in [1.165, 1.54) is 30.4 Å². The molecule has 5 nitrogen and oxygen atoms in total. The van der Waals surface area contributed by atoms with Gasteiger partial charge in [-0.1, -0.05) is 25.1 Å². The number of amides is 2. The molecule has 1 atom stereocenters. The van der Waals surface area contributed by atoms with Crippen molar-refractivity contribution in [2.75, 3.05) is 26.2 Å². The van der Waals surface area contributed by atoms with Crippen molar-refractivity contribution in [3.8, 4) is 5.75 Å². The van der Waals surface area contributed by atoms with Gasteiger partial charge in [0.1, 0.15) is 5.75 Å². The average Bonchev–Trinajstić information content (AvgIpc) is 2.71. The van der Waals surface area contributed by atoms with Gasteiger partial charge in [0.2, 0.25) is 11.8 Å². The second-order valence-corrected chi connectivity index (χ2v) is 8.05. The second kappa shape index (κ2) is 9.53. The maximum absolute atomic E-state index is 12.7. The molecule has 0 aliphatic carbocycles. The van der Waals surface area contributed by atoms with Gasteiger partial charge in [-0.3, -0.25) is 9.59 Å². The Hall–Kier alpha value is -2.51. The molecule has 1 aromatic carbocycles. The summed E-state index contributed by atoms with van der Waals surface area (Å²) in [6.07, 6.45) is 1.19. The molecule has 0 radical (unpaired) electrons. The van der Waals surface area contributed by atoms with Crippen molar-refractivity contribution < 1.29 is 27.5 Å². The van der Waals surface area contributed by atoms with Crippen molar-refractivity contribution in [2.24, 2.45) is 11.8 Å². The molecule has 164 valence electrons. The second-order valence-electron chi connectivity index (χ2n) is 8.05. The molecule has 2 aliphatic rings. The number of hydrogen-bond acceptors (Lipinski definition) is 3. The zero-order chi connectivity index (χ0) is 21.7. The summed E-state index contributed by atoms with van der Waals surface area (Å²) in [4.78, 5) is 28.8. The normalized spacial score (nSPS) is 21.1. The van der Waals surface area contributed by atoms with Gasteiger partial charge in [0.15, 0.2) is 0 Å². The molecule has 0 bridgehead atoms. The van der Waals surface area contributed by atoms with Crippen molar-refractivity contribution in [3.05, 3.63) is 35.9 Å². The number of piperidine rings is 2. The summed E-state index contributed by atoms with van der Waals surface area (Å²) in [5, 5.41) is 0. The van der Waals surface area contributed by atoms with Gasteiger partial charge in [-0.2, -0.15) is 0 Å². The molecule has 2 saturated heterocycles. The molecule has 0 saturated carbocycles. The third-order valence-corrected chi connectivity index (χ3v) is 5.67. The van der Waals surface area contributed by atoms with E-state index >= 15 is 0 Å². The summed E-state index contributed by atoms with van der Waals surface area (Å²) in [7, 11) is 0. The molecule has 1 unspecified atom stereocenters. The first kappa shape index (κ1) is 22.2. The van der Waals surface area contributed by atoms with Gasteiger partial charge >= 0.3 is 6.36 Å². The smallest absolute Gasteiger partial charge is 0.405 e. The van der Waals surface area contributed by atoms with E-state index in [0.717, 1.165) is 25.9 Å². The van der Waals surface area contributed by atoms with Crippen molar-refractivity contribution in [2.45, 2.75) is 39.0 Å². The van der Waals surface area contributed by atoms with Crippen LogP contribution in [0.15, 0.2) is 30.3 Å². The van der Waals surface area contributed by atoms with E-state index in [4.69, 9.17) is 0 Å². The Balaban J connectivity index is 1.54. The lowest BCUT2D eigenvalue weighted by Crippen LogP contribution is -2.46. The third-order valence-electron chi connectivity index (χ3n) is 5.67. The van der Waals surface area contributed by atoms with Crippen LogP contribution >= 0.6 is 0 Å². The predicted molar refractivity (Wildman–Crippen MR) is 106 cm³/mol. The summed E-state index contributed by atoms with van der Waals surface area (Å²) in [6, 6.07) is 5.67. The highest BCUT2D eigenvalue weighted by atomic mass is 19.4. The van der Waals surface area contributed by atoms with Gasteiger partial charge in [0.05, 0.1) is 0 Å². The Morgan fingerprint density at radius 3 is 2.43 bits per heavy atom. The molecule has 30 heavy (non-hydrogen) atoms. The number of likely N-dealkylation sites (tertiary alicyclic amines) is 2. The SMILES string of the molecule is CC1CCCN(C(=O)C2CCN(C(=O)C=Cc3ccccc3OC(F)(F)F)CC2)C1. The van der Waals surface area contributed by atoms with Gasteiger partial charge < -0.3 is 14.5 Å². The lowest BCUT2D eigenvalue weighted by molar-refractivity contribution is -0.274. The molecule has 2 amide bonds. The Kier molecular flexibility index (Phi) is 7.05. The molecule has 3 rings (SSSR count). The van der Waals surface area contributed by atoms with Crippen molar-refractivity contribution in [1.29, 1.82) is 0 Å². The Bertz CT molecular complexity index is 786. The van der Waals surface area contributed by atoms with Crippen molar-refractivity contribution >= 4 is 17.9 Å². The highest BCUT2D eigenvalue weighted by Crippen LogP contribution is 2.27. The number of alkyl halides is 3. The Morgan fingerprint density at radius 1 is 1.07 bits per heavy atom. The van der Waals surface area contributed by atoms with Crippen LogP contribution < -0.4 is 4.74 Å². The van der Waals surface area contributed by atoms with E-state index < -0.39 is 6.36 Å². The Morgan fingerprint density at radius 2 is 1.77 bits per heavy atom. The molecule has 0 spiro atoms. The van der Waals surface area contributed by atoms with E-state index in [9.17, 15) is 22.8 Å². The minimum absolute atomic E-state index is 0.0655. The molecular weight excluding hydrogens is 397 g/mol. The van der Waals surface area contributed by atoms with Gasteiger partial charge in [-0.25, -0.2) is 0 Å². The number of benzene rings is 1. The van der Waals surface area contributed by atoms with Crippen LogP contribution in [0.1, 0.15) is 38.2 Å². The zero-order valence-corrected chi connectivity index (χ0v) is 17.0. The van der Waals surface area contributed by atoms with E-state index in [0.29, 0.717) is 31.8 Å². The largest absolute Gasteiger partial charge is 0.573 e. The Labute approximate surface area is 174 Å². The first-order valence-corrected chi connectivity index (χ1v) is 10.3. The van der Waals surface area contributed by atoms with Gasteiger partial charge in [-0.05, 0) is 43.7 Å². The van der Waals surface area contributed by atoms with Crippen LogP contribution in [0.2, 0.25) is 0 Å². The summed E-state index contributed by atoms with van der Waals surface area (Å²) in [6.45, 7) is 4.70. The molecule has 1 aromatic rings. The highest BCUT2D eigenvalue weighted by molar-refractivity contribution is 5.92. The maximum Gasteiger partial charge on any atom is 0.573 e. The lowest BCUT2D eigenvalue weighted by atomic mass is 9.92. The fourth-order valence-corrected chi connectivity index (χ4v) is 4.10. The first-order valence-electron chi connectivity index (χ1n) is 10.3.